The molecule has 2 aliphatic heterocycles. The standard InChI is InChI=1S/C40H71N7O21/c1-41-24(22-49)37-35(58)36(59)38(39(60)67-37)68-40-32(44-61)34(57)33(56)25(66-40)23-65-31(55)15-14-30(54)46(63)19-7-3-5-17-42-26(50)10-12-28(52)45(62)18-6-2-4-16-43-27(51)11-13-29(53)47(64)20-8-9-21-48/h24-25,33-41,48-49,56-64H,2-23H2,1H3,(H,42,50)(H,43,51)/b44-32+/t24?,25-,33-,34-,35+,36+,37-,38-,39?,40-/m1/s1. The van der Waals surface area contributed by atoms with E-state index in [1.54, 1.807) is 0 Å². The Morgan fingerprint density at radius 3 is 1.63 bits per heavy atom. The van der Waals surface area contributed by atoms with Gasteiger partial charge >= 0.3 is 5.97 Å². The molecule has 5 amide bonds. The van der Waals surface area contributed by atoms with E-state index in [9.17, 15) is 80.2 Å². The predicted octanol–water partition coefficient (Wildman–Crippen LogP) is -4.45. The molecule has 2 heterocycles. The number of esters is 1. The fourth-order valence-electron chi connectivity index (χ4n) is 6.82. The summed E-state index contributed by atoms with van der Waals surface area (Å²) >= 11 is 0. The Bertz CT molecular complexity index is 1580. The first-order chi connectivity index (χ1) is 32.4. The fourth-order valence-corrected chi connectivity index (χ4v) is 6.82. The molecular formula is C40H71N7O21. The lowest BCUT2D eigenvalue weighted by atomic mass is 9.94. The lowest BCUT2D eigenvalue weighted by Crippen LogP contribution is -2.65. The molecule has 2 fully saturated rings. The van der Waals surface area contributed by atoms with Crippen LogP contribution in [-0.2, 0) is 47.7 Å². The average Bonchev–Trinajstić information content (AvgIpc) is 3.32. The lowest BCUT2D eigenvalue weighted by molar-refractivity contribution is -0.325. The van der Waals surface area contributed by atoms with Gasteiger partial charge in [-0.25, -0.2) is 15.2 Å². The van der Waals surface area contributed by atoms with Crippen molar-refractivity contribution >= 4 is 41.2 Å². The van der Waals surface area contributed by atoms with Crippen LogP contribution in [0.5, 0.6) is 0 Å². The SMILES string of the molecule is CNC(CO)[C@H]1OC(O)[C@H](O[C@H]2O[C@H](COC(=O)CCC(=O)N(O)CCCCCNC(=O)CCC(=O)N(O)CCCCCNC(=O)CCC(=O)N(O)CCCCO)[C@@H](O)[C@H](O)/C2=N\O)[C@@H](O)[C@@H]1O. The molecule has 0 saturated carbocycles. The zero-order chi connectivity index (χ0) is 50.8. The van der Waals surface area contributed by atoms with E-state index in [4.69, 9.17) is 24.1 Å². The molecule has 10 atom stereocenters. The van der Waals surface area contributed by atoms with E-state index < -0.39 is 123 Å². The molecule has 0 aromatic carbocycles. The van der Waals surface area contributed by atoms with Gasteiger partial charge in [-0.3, -0.25) is 44.4 Å². The highest BCUT2D eigenvalue weighted by atomic mass is 16.7. The molecule has 68 heavy (non-hydrogen) atoms. The zero-order valence-electron chi connectivity index (χ0n) is 38.1. The molecule has 14 N–H and O–H groups in total. The van der Waals surface area contributed by atoms with Crippen molar-refractivity contribution < 1.29 is 104 Å². The number of aliphatic hydroxyl groups excluding tert-OH is 7. The van der Waals surface area contributed by atoms with Gasteiger partial charge in [-0.2, -0.15) is 0 Å². The largest absolute Gasteiger partial charge is 0.463 e. The highest BCUT2D eigenvalue weighted by Crippen LogP contribution is 2.29. The summed E-state index contributed by atoms with van der Waals surface area (Å²) in [6.07, 6.45) is -13.7. The van der Waals surface area contributed by atoms with Crippen molar-refractivity contribution in [2.24, 2.45) is 5.16 Å². The summed E-state index contributed by atoms with van der Waals surface area (Å²) in [4.78, 5) is 73.0. The molecule has 0 radical (unpaired) electrons. The maximum atomic E-state index is 12.4. The van der Waals surface area contributed by atoms with Gasteiger partial charge in [0.15, 0.2) is 6.29 Å². The Balaban J connectivity index is 1.58. The molecule has 2 unspecified atom stereocenters. The summed E-state index contributed by atoms with van der Waals surface area (Å²) < 4.78 is 21.4. The van der Waals surface area contributed by atoms with Crippen molar-refractivity contribution in [2.75, 3.05) is 59.6 Å². The van der Waals surface area contributed by atoms with Crippen molar-refractivity contribution in [3.8, 4) is 0 Å². The van der Waals surface area contributed by atoms with Crippen LogP contribution < -0.4 is 16.0 Å². The summed E-state index contributed by atoms with van der Waals surface area (Å²) in [5.41, 5.74) is -0.698. The predicted molar refractivity (Wildman–Crippen MR) is 227 cm³/mol. The Morgan fingerprint density at radius 1 is 0.662 bits per heavy atom. The number of nitrogens with zero attached hydrogens (tertiary/aromatic N) is 4. The van der Waals surface area contributed by atoms with Crippen LogP contribution in [0, 0.1) is 0 Å². The van der Waals surface area contributed by atoms with E-state index >= 15 is 0 Å². The number of rotatable bonds is 32. The molecule has 2 aliphatic rings. The molecule has 28 heteroatoms. The average molecular weight is 986 g/mol. The van der Waals surface area contributed by atoms with Crippen LogP contribution in [0.4, 0.5) is 0 Å². The van der Waals surface area contributed by atoms with E-state index in [1.807, 2.05) is 0 Å². The molecule has 28 nitrogen and oxygen atoms in total. The first-order valence-corrected chi connectivity index (χ1v) is 22.5. The molecule has 0 bridgehead atoms. The van der Waals surface area contributed by atoms with E-state index in [2.05, 4.69) is 21.1 Å². The van der Waals surface area contributed by atoms with E-state index in [-0.39, 0.29) is 64.4 Å². The van der Waals surface area contributed by atoms with Gasteiger partial charge in [0.05, 0.1) is 19.1 Å². The molecule has 2 rings (SSSR count). The lowest BCUT2D eigenvalue weighted by Gasteiger charge is -2.45. The van der Waals surface area contributed by atoms with E-state index in [0.29, 0.717) is 73.1 Å². The number of hydroxylamine groups is 6. The Morgan fingerprint density at radius 2 is 1.16 bits per heavy atom. The minimum absolute atomic E-state index is 0.0209. The van der Waals surface area contributed by atoms with Gasteiger partial charge in [0.1, 0.15) is 55.0 Å². The van der Waals surface area contributed by atoms with Crippen molar-refractivity contribution in [3.05, 3.63) is 0 Å². The third-order valence-electron chi connectivity index (χ3n) is 11.0. The summed E-state index contributed by atoms with van der Waals surface area (Å²) in [5.74, 6) is -3.80. The Labute approximate surface area is 392 Å². The van der Waals surface area contributed by atoms with Crippen LogP contribution in [0.15, 0.2) is 5.16 Å². The van der Waals surface area contributed by atoms with E-state index in [1.165, 1.54) is 7.05 Å². The summed E-state index contributed by atoms with van der Waals surface area (Å²) in [6.45, 7) is -0.763. The third kappa shape index (κ3) is 20.8. The number of hydrogen-bond acceptors (Lipinski definition) is 23. The van der Waals surface area contributed by atoms with Crippen molar-refractivity contribution in [3.63, 3.8) is 0 Å². The number of nitrogens with one attached hydrogen (secondary N) is 3. The summed E-state index contributed by atoms with van der Waals surface area (Å²) in [7, 11) is 1.44. The monoisotopic (exact) mass is 985 g/mol. The fraction of sp³-hybridized carbons (Fsp3) is 0.825. The second kappa shape index (κ2) is 32.5. The van der Waals surface area contributed by atoms with Crippen molar-refractivity contribution in [1.29, 1.82) is 0 Å². The second-order valence-electron chi connectivity index (χ2n) is 16.1. The number of likely N-dealkylation sites (N-methyl/N-ethyl adjacent to an activating group) is 1. The Hall–Kier alpha value is -4.27. The number of carbonyl (C=O) groups excluding carboxylic acids is 6. The van der Waals surface area contributed by atoms with Crippen LogP contribution in [0.3, 0.4) is 0 Å². The summed E-state index contributed by atoms with van der Waals surface area (Å²) in [5, 5.41) is 123. The zero-order valence-corrected chi connectivity index (χ0v) is 38.1. The third-order valence-corrected chi connectivity index (χ3v) is 11.0. The maximum Gasteiger partial charge on any atom is 0.306 e. The number of unbranched alkanes of at least 4 members (excludes halogenated alkanes) is 5. The van der Waals surface area contributed by atoms with Gasteiger partial charge in [-0.1, -0.05) is 5.16 Å². The molecular weight excluding hydrogens is 914 g/mol. The number of amides is 5. The van der Waals surface area contributed by atoms with Crippen LogP contribution in [0.1, 0.15) is 89.9 Å². The van der Waals surface area contributed by atoms with Gasteiger partial charge in [-0.05, 0) is 58.4 Å². The van der Waals surface area contributed by atoms with Crippen LogP contribution >= 0.6 is 0 Å². The van der Waals surface area contributed by atoms with Crippen LogP contribution in [-0.4, -0.2) is 234 Å². The first-order valence-electron chi connectivity index (χ1n) is 22.5. The quantitative estimate of drug-likeness (QED) is 0.00994. The number of carbonyl (C=O) groups is 6. The number of aliphatic hydroxyl groups is 7. The highest BCUT2D eigenvalue weighted by molar-refractivity contribution is 5.92. The number of ether oxygens (including phenoxy) is 4. The van der Waals surface area contributed by atoms with Gasteiger partial charge in [0.25, 0.3) is 0 Å². The first kappa shape index (κ1) is 59.9. The minimum Gasteiger partial charge on any atom is -0.463 e. The van der Waals surface area contributed by atoms with Gasteiger partial charge in [0, 0.05) is 71.4 Å². The highest BCUT2D eigenvalue weighted by Gasteiger charge is 2.51. The molecule has 0 spiro atoms. The minimum atomic E-state index is -1.96. The molecule has 0 aromatic heterocycles. The van der Waals surface area contributed by atoms with E-state index in [0.717, 1.165) is 0 Å². The molecule has 2 saturated heterocycles. The Kier molecular flexibility index (Phi) is 28.6. The molecule has 392 valence electrons. The number of hydrogen-bond donors (Lipinski definition) is 14. The molecule has 0 aliphatic carbocycles. The van der Waals surface area contributed by atoms with Gasteiger partial charge in [0.2, 0.25) is 35.8 Å². The van der Waals surface area contributed by atoms with Gasteiger partial charge in [-0.15, -0.1) is 0 Å². The smallest absolute Gasteiger partial charge is 0.306 e. The van der Waals surface area contributed by atoms with Crippen LogP contribution in [0.25, 0.3) is 0 Å². The molecule has 0 aromatic rings. The topological polar surface area (TPSA) is 420 Å². The van der Waals surface area contributed by atoms with Gasteiger partial charge < -0.3 is 75.9 Å². The second-order valence-corrected chi connectivity index (χ2v) is 16.1. The van der Waals surface area contributed by atoms with Crippen LogP contribution in [0.2, 0.25) is 0 Å². The van der Waals surface area contributed by atoms with Crippen molar-refractivity contribution in [2.45, 2.75) is 151 Å². The summed E-state index contributed by atoms with van der Waals surface area (Å²) in [6, 6.07) is -0.898. The van der Waals surface area contributed by atoms with Crippen molar-refractivity contribution in [1.82, 2.24) is 31.1 Å². The number of oxime groups is 1. The normalized spacial score (nSPS) is 24.8. The maximum absolute atomic E-state index is 12.4.